The van der Waals surface area contributed by atoms with E-state index in [1.54, 1.807) is 38.1 Å². The minimum Gasteiger partial charge on any atom is -0.503 e. The zero-order chi connectivity index (χ0) is 20.0. The van der Waals surface area contributed by atoms with Gasteiger partial charge < -0.3 is 10.1 Å². The summed E-state index contributed by atoms with van der Waals surface area (Å²) in [5.74, 6) is -2.33. The molecule has 1 atom stereocenters. The van der Waals surface area contributed by atoms with E-state index >= 15 is 0 Å². The summed E-state index contributed by atoms with van der Waals surface area (Å²) in [6, 6.07) is 12.2. The second kappa shape index (κ2) is 6.60. The third-order valence-corrected chi connectivity index (χ3v) is 4.77. The number of ketones is 1. The molecule has 1 aliphatic rings. The lowest BCUT2D eigenvalue weighted by molar-refractivity contribution is -0.119. The number of fused-ring (bicyclic) bond motifs is 1. The molecule has 2 N–H and O–H groups in total. The number of anilines is 1. The van der Waals surface area contributed by atoms with Gasteiger partial charge in [-0.15, -0.1) is 0 Å². The van der Waals surface area contributed by atoms with Gasteiger partial charge in [-0.05, 0) is 23.8 Å². The first kappa shape index (κ1) is 17.9. The molecule has 2 heterocycles. The molecular formula is C21H18FN3O3. The molecule has 0 fully saturated rings. The molecule has 7 heteroatoms. The molecule has 0 saturated heterocycles. The van der Waals surface area contributed by atoms with Crippen LogP contribution in [0, 0.1) is 11.7 Å². The van der Waals surface area contributed by atoms with Crippen LogP contribution in [-0.4, -0.2) is 26.8 Å². The molecule has 0 saturated carbocycles. The molecular weight excluding hydrogens is 361 g/mol. The third-order valence-electron chi connectivity index (χ3n) is 4.77. The Hall–Kier alpha value is -3.48. The Labute approximate surface area is 160 Å². The van der Waals surface area contributed by atoms with Crippen molar-refractivity contribution in [2.75, 3.05) is 4.90 Å². The summed E-state index contributed by atoms with van der Waals surface area (Å²) >= 11 is 0. The molecule has 1 unspecified atom stereocenters. The van der Waals surface area contributed by atoms with Crippen molar-refractivity contribution in [2.45, 2.75) is 19.9 Å². The Kier molecular flexibility index (Phi) is 4.22. The van der Waals surface area contributed by atoms with Crippen molar-refractivity contribution in [3.8, 4) is 0 Å². The predicted molar refractivity (Wildman–Crippen MR) is 102 cm³/mol. The fourth-order valence-electron chi connectivity index (χ4n) is 3.42. The number of rotatable bonds is 4. The van der Waals surface area contributed by atoms with Crippen LogP contribution in [0.5, 0.6) is 0 Å². The van der Waals surface area contributed by atoms with Gasteiger partial charge in [0, 0.05) is 5.92 Å². The standard InChI is InChI=1S/C21H18FN3O3/c1-11(2)18(26)16-17(12-6-4-3-5-7-12)25(20(28)19(16)27)21-23-14-9-8-13(22)10-15(14)24-21/h3-11,17,27H,1-2H3,(H,23,24). The molecule has 3 aromatic rings. The summed E-state index contributed by atoms with van der Waals surface area (Å²) in [6.07, 6.45) is 0. The SMILES string of the molecule is CC(C)C(=O)C1=C(O)C(=O)N(c2nc3ccc(F)cc3[nH]2)C1c1ccccc1. The number of H-pyrrole nitrogens is 1. The van der Waals surface area contributed by atoms with Crippen LogP contribution in [0.2, 0.25) is 0 Å². The number of nitrogens with zero attached hydrogens (tertiary/aromatic N) is 2. The van der Waals surface area contributed by atoms with E-state index in [0.29, 0.717) is 16.6 Å². The number of aliphatic hydroxyl groups is 1. The molecule has 142 valence electrons. The minimum absolute atomic E-state index is 0.0397. The van der Waals surface area contributed by atoms with Crippen molar-refractivity contribution in [1.29, 1.82) is 0 Å². The van der Waals surface area contributed by atoms with Crippen LogP contribution >= 0.6 is 0 Å². The number of aromatic nitrogens is 2. The molecule has 1 amide bonds. The van der Waals surface area contributed by atoms with Crippen LogP contribution in [0.1, 0.15) is 25.5 Å². The number of nitrogens with one attached hydrogen (secondary N) is 1. The molecule has 1 aromatic heterocycles. The first-order valence-electron chi connectivity index (χ1n) is 8.89. The monoisotopic (exact) mass is 379 g/mol. The fourth-order valence-corrected chi connectivity index (χ4v) is 3.42. The number of aromatic amines is 1. The average Bonchev–Trinajstić information content (AvgIpc) is 3.20. The molecule has 1 aliphatic heterocycles. The van der Waals surface area contributed by atoms with Crippen molar-refractivity contribution in [1.82, 2.24) is 9.97 Å². The van der Waals surface area contributed by atoms with Crippen LogP contribution < -0.4 is 4.90 Å². The van der Waals surface area contributed by atoms with Gasteiger partial charge in [-0.3, -0.25) is 14.5 Å². The van der Waals surface area contributed by atoms with E-state index in [0.717, 1.165) is 0 Å². The summed E-state index contributed by atoms with van der Waals surface area (Å²) in [5.41, 5.74) is 1.59. The van der Waals surface area contributed by atoms with Gasteiger partial charge in [-0.25, -0.2) is 9.37 Å². The van der Waals surface area contributed by atoms with Gasteiger partial charge >= 0.3 is 0 Å². The Morgan fingerprint density at radius 1 is 1.21 bits per heavy atom. The quantitative estimate of drug-likeness (QED) is 0.721. The lowest BCUT2D eigenvalue weighted by Gasteiger charge is -2.25. The second-order valence-corrected chi connectivity index (χ2v) is 6.99. The van der Waals surface area contributed by atoms with Gasteiger partial charge in [-0.1, -0.05) is 44.2 Å². The van der Waals surface area contributed by atoms with Crippen molar-refractivity contribution in [3.05, 3.63) is 71.2 Å². The topological polar surface area (TPSA) is 86.3 Å². The van der Waals surface area contributed by atoms with Gasteiger partial charge in [0.2, 0.25) is 5.95 Å². The number of amides is 1. The molecule has 0 aliphatic carbocycles. The van der Waals surface area contributed by atoms with E-state index in [4.69, 9.17) is 0 Å². The van der Waals surface area contributed by atoms with Crippen LogP contribution in [0.25, 0.3) is 11.0 Å². The maximum Gasteiger partial charge on any atom is 0.296 e. The number of aliphatic hydroxyl groups excluding tert-OH is 1. The number of imidazole rings is 1. The first-order valence-corrected chi connectivity index (χ1v) is 8.89. The van der Waals surface area contributed by atoms with Gasteiger partial charge in [0.05, 0.1) is 22.6 Å². The zero-order valence-electron chi connectivity index (χ0n) is 15.3. The molecule has 0 spiro atoms. The Morgan fingerprint density at radius 3 is 2.61 bits per heavy atom. The van der Waals surface area contributed by atoms with E-state index < -0.39 is 29.4 Å². The lowest BCUT2D eigenvalue weighted by Crippen LogP contribution is -2.32. The molecule has 0 radical (unpaired) electrons. The van der Waals surface area contributed by atoms with Crippen LogP contribution in [0.4, 0.5) is 10.3 Å². The van der Waals surface area contributed by atoms with Gasteiger partial charge in [0.1, 0.15) is 5.82 Å². The van der Waals surface area contributed by atoms with Crippen LogP contribution in [-0.2, 0) is 9.59 Å². The van der Waals surface area contributed by atoms with E-state index in [1.807, 2.05) is 6.07 Å². The Morgan fingerprint density at radius 2 is 1.93 bits per heavy atom. The summed E-state index contributed by atoms with van der Waals surface area (Å²) in [4.78, 5) is 34.2. The molecule has 28 heavy (non-hydrogen) atoms. The summed E-state index contributed by atoms with van der Waals surface area (Å²) in [7, 11) is 0. The van der Waals surface area contributed by atoms with E-state index in [2.05, 4.69) is 9.97 Å². The highest BCUT2D eigenvalue weighted by molar-refractivity contribution is 6.16. The number of hydrogen-bond donors (Lipinski definition) is 2. The second-order valence-electron chi connectivity index (χ2n) is 6.99. The zero-order valence-corrected chi connectivity index (χ0v) is 15.3. The summed E-state index contributed by atoms with van der Waals surface area (Å²) in [6.45, 7) is 3.42. The fraction of sp³-hybridized carbons (Fsp3) is 0.190. The minimum atomic E-state index is -0.825. The van der Waals surface area contributed by atoms with Crippen molar-refractivity contribution in [3.63, 3.8) is 0 Å². The maximum absolute atomic E-state index is 13.5. The van der Waals surface area contributed by atoms with E-state index in [1.165, 1.54) is 23.1 Å². The normalized spacial score (nSPS) is 17.2. The average molecular weight is 379 g/mol. The number of hydrogen-bond acceptors (Lipinski definition) is 4. The summed E-state index contributed by atoms with van der Waals surface area (Å²) < 4.78 is 13.5. The van der Waals surface area contributed by atoms with Gasteiger partial charge in [0.25, 0.3) is 5.91 Å². The number of benzene rings is 2. The molecule has 6 nitrogen and oxygen atoms in total. The first-order chi connectivity index (χ1) is 13.4. The van der Waals surface area contributed by atoms with E-state index in [-0.39, 0.29) is 17.3 Å². The lowest BCUT2D eigenvalue weighted by atomic mass is 9.91. The van der Waals surface area contributed by atoms with Gasteiger partial charge in [0.15, 0.2) is 11.5 Å². The third kappa shape index (κ3) is 2.76. The molecule has 2 aromatic carbocycles. The van der Waals surface area contributed by atoms with E-state index in [9.17, 15) is 19.1 Å². The van der Waals surface area contributed by atoms with Crippen LogP contribution in [0.15, 0.2) is 59.9 Å². The molecule has 0 bridgehead atoms. The number of carbonyl (C=O) groups is 2. The Bertz CT molecular complexity index is 1120. The van der Waals surface area contributed by atoms with Crippen LogP contribution in [0.3, 0.4) is 0 Å². The maximum atomic E-state index is 13.5. The van der Waals surface area contributed by atoms with Crippen molar-refractivity contribution >= 4 is 28.7 Å². The molecule has 4 rings (SSSR count). The predicted octanol–water partition coefficient (Wildman–Crippen LogP) is 3.83. The largest absolute Gasteiger partial charge is 0.503 e. The highest BCUT2D eigenvalue weighted by Gasteiger charge is 2.45. The highest BCUT2D eigenvalue weighted by atomic mass is 19.1. The van der Waals surface area contributed by atoms with Crippen molar-refractivity contribution < 1.29 is 19.1 Å². The van der Waals surface area contributed by atoms with Crippen molar-refractivity contribution in [2.24, 2.45) is 5.92 Å². The Balaban J connectivity index is 1.89. The number of carbonyl (C=O) groups excluding carboxylic acids is 2. The highest BCUT2D eigenvalue weighted by Crippen LogP contribution is 2.41. The smallest absolute Gasteiger partial charge is 0.296 e. The number of Topliss-reactive ketones (excluding diaryl/α,β-unsaturated/α-hetero) is 1. The van der Waals surface area contributed by atoms with Gasteiger partial charge in [-0.2, -0.15) is 0 Å². The summed E-state index contributed by atoms with van der Waals surface area (Å²) in [5, 5.41) is 10.5. The number of halogens is 1.